The maximum Gasteiger partial charge on any atom is 0.180 e. The number of thiophene rings is 1. The summed E-state index contributed by atoms with van der Waals surface area (Å²) in [7, 11) is 0. The molecule has 2 atom stereocenters. The summed E-state index contributed by atoms with van der Waals surface area (Å²) in [5.74, 6) is 0.0660. The average Bonchev–Trinajstić information content (AvgIpc) is 2.47. The largest absolute Gasteiger partial charge is 0.323 e. The number of alkyl halides is 1. The van der Waals surface area contributed by atoms with Crippen LogP contribution in [0.1, 0.15) is 22.0 Å². The van der Waals surface area contributed by atoms with E-state index in [4.69, 9.17) is 5.73 Å². The van der Waals surface area contributed by atoms with Gasteiger partial charge in [-0.1, -0.05) is 15.9 Å². The molecule has 1 aliphatic carbocycles. The number of carbonyl (C=O) groups excluding carboxylic acids is 1. The fourth-order valence-corrected chi connectivity index (χ4v) is 5.17. The first-order valence-electron chi connectivity index (χ1n) is 3.45. The van der Waals surface area contributed by atoms with Crippen LogP contribution >= 0.6 is 71.5 Å². The van der Waals surface area contributed by atoms with Crippen molar-refractivity contribution in [2.45, 2.75) is 10.9 Å². The fraction of sp³-hybridized carbons (Fsp3) is 0.286. The Labute approximate surface area is 116 Å². The zero-order valence-electron chi connectivity index (χ0n) is 6.59. The topological polar surface area (TPSA) is 43.1 Å². The number of nitrogens with two attached hydrogens (primary N) is 1. The number of halogens is 4. The number of fused-ring (bicyclic) bond motifs is 1. The highest BCUT2D eigenvalue weighted by Gasteiger charge is 2.40. The van der Waals surface area contributed by atoms with Gasteiger partial charge in [-0.15, -0.1) is 23.7 Å². The second kappa shape index (κ2) is 4.51. The van der Waals surface area contributed by atoms with Crippen molar-refractivity contribution in [1.29, 1.82) is 0 Å². The quantitative estimate of drug-likeness (QED) is 0.644. The van der Waals surface area contributed by atoms with E-state index in [9.17, 15) is 4.79 Å². The van der Waals surface area contributed by atoms with E-state index in [1.165, 1.54) is 11.3 Å². The third-order valence-electron chi connectivity index (χ3n) is 2.00. The molecule has 1 heterocycles. The Morgan fingerprint density at radius 1 is 1.29 bits per heavy atom. The molecule has 2 rings (SSSR count). The minimum Gasteiger partial charge on any atom is -0.323 e. The summed E-state index contributed by atoms with van der Waals surface area (Å²) in [5.41, 5.74) is 7.53. The first-order valence-corrected chi connectivity index (χ1v) is 6.77. The number of hydrogen-bond donors (Lipinski definition) is 1. The lowest BCUT2D eigenvalue weighted by molar-refractivity contribution is 0.0997. The molecule has 0 unspecified atom stereocenters. The predicted octanol–water partition coefficient (Wildman–Crippen LogP) is 3.65. The summed E-state index contributed by atoms with van der Waals surface area (Å²) in [6.07, 6.45) is 0. The summed E-state index contributed by atoms with van der Waals surface area (Å²) in [6, 6.07) is -0.237. The van der Waals surface area contributed by atoms with E-state index < -0.39 is 0 Å². The van der Waals surface area contributed by atoms with Gasteiger partial charge in [0.15, 0.2) is 5.78 Å². The van der Waals surface area contributed by atoms with Gasteiger partial charge in [0.1, 0.15) is 0 Å². The molecule has 2 N–H and O–H groups in total. The molecule has 1 aromatic rings. The normalized spacial score (nSPS) is 24.7. The van der Waals surface area contributed by atoms with Gasteiger partial charge in [0, 0.05) is 11.1 Å². The van der Waals surface area contributed by atoms with Crippen molar-refractivity contribution >= 4 is 77.3 Å². The van der Waals surface area contributed by atoms with Crippen molar-refractivity contribution in [3.63, 3.8) is 0 Å². The number of rotatable bonds is 0. The summed E-state index contributed by atoms with van der Waals surface area (Å²) in [5, 5.41) is 0. The molecule has 2 nitrogen and oxygen atoms in total. The van der Waals surface area contributed by atoms with E-state index in [0.717, 1.165) is 18.7 Å². The first kappa shape index (κ1) is 13.1. The Balaban J connectivity index is 0.000000980. The van der Waals surface area contributed by atoms with E-state index in [-0.39, 0.29) is 29.1 Å². The molecule has 0 saturated carbocycles. The zero-order chi connectivity index (χ0) is 9.75. The van der Waals surface area contributed by atoms with Crippen LogP contribution in [-0.2, 0) is 0 Å². The van der Waals surface area contributed by atoms with E-state index in [0.29, 0.717) is 0 Å². The lowest BCUT2D eigenvalue weighted by Gasteiger charge is -2.06. The maximum absolute atomic E-state index is 11.7. The number of carbonyl (C=O) groups is 1. The van der Waals surface area contributed by atoms with Crippen molar-refractivity contribution < 1.29 is 4.79 Å². The van der Waals surface area contributed by atoms with Gasteiger partial charge < -0.3 is 5.73 Å². The Hall–Kier alpha value is 1.06. The van der Waals surface area contributed by atoms with Crippen molar-refractivity contribution in [2.24, 2.45) is 5.73 Å². The van der Waals surface area contributed by atoms with Gasteiger partial charge in [-0.25, -0.2) is 0 Å². The molecule has 7 heteroatoms. The van der Waals surface area contributed by atoms with Crippen molar-refractivity contribution in [3.8, 4) is 0 Å². The predicted molar refractivity (Wildman–Crippen MR) is 70.9 cm³/mol. The van der Waals surface area contributed by atoms with Gasteiger partial charge >= 0.3 is 0 Å². The van der Waals surface area contributed by atoms with E-state index in [1.807, 2.05) is 0 Å². The lowest BCUT2D eigenvalue weighted by Crippen LogP contribution is -2.20. The van der Waals surface area contributed by atoms with Crippen LogP contribution in [0.5, 0.6) is 0 Å². The highest BCUT2D eigenvalue weighted by atomic mass is 79.9. The minimum atomic E-state index is -0.279. The summed E-state index contributed by atoms with van der Waals surface area (Å²) >= 11 is 11.5. The van der Waals surface area contributed by atoms with Crippen LogP contribution in [0.4, 0.5) is 0 Å². The van der Waals surface area contributed by atoms with Crippen LogP contribution in [0.15, 0.2) is 7.57 Å². The fourth-order valence-electron chi connectivity index (χ4n) is 1.36. The molecule has 0 radical (unpaired) electrons. The first-order chi connectivity index (χ1) is 6.04. The Morgan fingerprint density at radius 2 is 1.86 bits per heavy atom. The molecular formula is C7H5Br3ClNOS. The SMILES string of the molecule is Cl.N[C@@H]1c2c(Br)sc(Br)c2C(=O)[C@H]1Br. The highest BCUT2D eigenvalue weighted by molar-refractivity contribution is 9.12. The minimum absolute atomic E-state index is 0. The van der Waals surface area contributed by atoms with Crippen LogP contribution in [0.2, 0.25) is 0 Å². The van der Waals surface area contributed by atoms with Crippen molar-refractivity contribution in [2.75, 3.05) is 0 Å². The number of Topliss-reactive ketones (excluding diaryl/α,β-unsaturated/α-hetero) is 1. The monoisotopic (exact) mass is 423 g/mol. The third kappa shape index (κ3) is 1.74. The van der Waals surface area contributed by atoms with Gasteiger partial charge in [-0.3, -0.25) is 4.79 Å². The van der Waals surface area contributed by atoms with Gasteiger partial charge in [-0.05, 0) is 31.9 Å². The molecule has 1 aromatic heterocycles. The lowest BCUT2D eigenvalue weighted by atomic mass is 10.2. The molecule has 0 amide bonds. The standard InChI is InChI=1S/C7H4Br3NOS.ClH/c8-3-4(11)1-2(5(3)12)7(10)13-6(1)9;/h3-4H,11H2;1H/t3-,4+;/m0./s1. The van der Waals surface area contributed by atoms with Crippen LogP contribution in [0.25, 0.3) is 0 Å². The number of hydrogen-bond acceptors (Lipinski definition) is 3. The van der Waals surface area contributed by atoms with Crippen LogP contribution in [0.3, 0.4) is 0 Å². The number of ketones is 1. The van der Waals surface area contributed by atoms with Crippen LogP contribution in [-0.4, -0.2) is 10.6 Å². The molecule has 1 aliphatic rings. The Morgan fingerprint density at radius 3 is 2.36 bits per heavy atom. The average molecular weight is 426 g/mol. The van der Waals surface area contributed by atoms with Crippen molar-refractivity contribution in [1.82, 2.24) is 0 Å². The Bertz CT molecular complexity index is 395. The van der Waals surface area contributed by atoms with E-state index in [2.05, 4.69) is 47.8 Å². The smallest absolute Gasteiger partial charge is 0.180 e. The van der Waals surface area contributed by atoms with E-state index in [1.54, 1.807) is 0 Å². The molecule has 14 heavy (non-hydrogen) atoms. The van der Waals surface area contributed by atoms with Crippen LogP contribution in [0, 0.1) is 0 Å². The van der Waals surface area contributed by atoms with Crippen LogP contribution < -0.4 is 5.73 Å². The van der Waals surface area contributed by atoms with Crippen molar-refractivity contribution in [3.05, 3.63) is 18.7 Å². The maximum atomic E-state index is 11.7. The summed E-state index contributed by atoms with van der Waals surface area (Å²) in [6.45, 7) is 0. The summed E-state index contributed by atoms with van der Waals surface area (Å²) in [4.78, 5) is 11.4. The molecule has 0 saturated heterocycles. The molecule has 0 bridgehead atoms. The molecule has 0 fully saturated rings. The highest BCUT2D eigenvalue weighted by Crippen LogP contribution is 2.47. The molecular weight excluding hydrogens is 421 g/mol. The second-order valence-electron chi connectivity index (χ2n) is 2.73. The Kier molecular flexibility index (Phi) is 4.23. The molecule has 0 aliphatic heterocycles. The second-order valence-corrected chi connectivity index (χ2v) is 7.37. The molecule has 0 spiro atoms. The van der Waals surface area contributed by atoms with E-state index >= 15 is 0 Å². The van der Waals surface area contributed by atoms with Gasteiger partial charge in [0.25, 0.3) is 0 Å². The summed E-state index contributed by atoms with van der Waals surface area (Å²) < 4.78 is 1.80. The molecule has 78 valence electrons. The molecule has 0 aromatic carbocycles. The van der Waals surface area contributed by atoms with Gasteiger partial charge in [0.05, 0.1) is 18.4 Å². The van der Waals surface area contributed by atoms with Gasteiger partial charge in [0.2, 0.25) is 0 Å². The third-order valence-corrected chi connectivity index (χ3v) is 5.57. The zero-order valence-corrected chi connectivity index (χ0v) is 13.0. The van der Waals surface area contributed by atoms with Gasteiger partial charge in [-0.2, -0.15) is 0 Å².